The number of aromatic nitrogens is 3. The SMILES string of the molecule is Cc1cccc(N2C(=O)C(c3c(C)nn(-c4ccc(C)cc4C)c3[O-])=C([n+]3cccc(C)c3)C2=O)c1. The number of carbonyl (C=O) groups excluding carboxylic acids is 2. The third-order valence-corrected chi connectivity index (χ3v) is 6.37. The van der Waals surface area contributed by atoms with Gasteiger partial charge in [-0.15, -0.1) is 0 Å². The fourth-order valence-corrected chi connectivity index (χ4v) is 4.72. The van der Waals surface area contributed by atoms with E-state index in [1.54, 1.807) is 48.1 Å². The molecule has 0 atom stereocenters. The Morgan fingerprint density at radius 1 is 0.833 bits per heavy atom. The fourth-order valence-electron chi connectivity index (χ4n) is 4.72. The largest absolute Gasteiger partial charge is 0.858 e. The summed E-state index contributed by atoms with van der Waals surface area (Å²) >= 11 is 0. The fraction of sp³-hybridized carbons (Fsp3) is 0.172. The molecule has 4 aromatic rings. The van der Waals surface area contributed by atoms with Crippen LogP contribution in [0.3, 0.4) is 0 Å². The van der Waals surface area contributed by atoms with Crippen LogP contribution in [0.4, 0.5) is 5.69 Å². The molecular weight excluding hydrogens is 452 g/mol. The average molecular weight is 479 g/mol. The van der Waals surface area contributed by atoms with Crippen LogP contribution in [0, 0.1) is 34.6 Å². The molecule has 0 bridgehead atoms. The molecule has 36 heavy (non-hydrogen) atoms. The maximum absolute atomic E-state index is 13.9. The summed E-state index contributed by atoms with van der Waals surface area (Å²) in [6.45, 7) is 9.38. The summed E-state index contributed by atoms with van der Waals surface area (Å²) in [4.78, 5) is 28.9. The van der Waals surface area contributed by atoms with Crippen molar-refractivity contribution in [3.05, 3.63) is 101 Å². The third kappa shape index (κ3) is 3.69. The van der Waals surface area contributed by atoms with Gasteiger partial charge in [-0.3, -0.25) is 9.59 Å². The molecule has 2 aromatic heterocycles. The van der Waals surface area contributed by atoms with E-state index >= 15 is 0 Å². The summed E-state index contributed by atoms with van der Waals surface area (Å²) < 4.78 is 2.94. The number of pyridine rings is 1. The molecule has 3 heterocycles. The number of nitrogens with zero attached hydrogens (tertiary/aromatic N) is 4. The van der Waals surface area contributed by atoms with E-state index in [1.807, 2.05) is 58.0 Å². The van der Waals surface area contributed by atoms with E-state index in [1.165, 1.54) is 4.68 Å². The molecule has 180 valence electrons. The molecule has 0 N–H and O–H groups in total. The van der Waals surface area contributed by atoms with Gasteiger partial charge in [0.25, 0.3) is 11.6 Å². The molecule has 5 rings (SSSR count). The van der Waals surface area contributed by atoms with Crippen molar-refractivity contribution in [2.24, 2.45) is 0 Å². The summed E-state index contributed by atoms with van der Waals surface area (Å²) in [5.41, 5.74) is 5.56. The normalized spacial score (nSPS) is 13.8. The molecule has 1 aliphatic heterocycles. The van der Waals surface area contributed by atoms with Crippen LogP contribution in [0.2, 0.25) is 0 Å². The van der Waals surface area contributed by atoms with E-state index in [0.29, 0.717) is 17.1 Å². The van der Waals surface area contributed by atoms with Gasteiger partial charge in [0.1, 0.15) is 5.57 Å². The Morgan fingerprint density at radius 2 is 1.56 bits per heavy atom. The zero-order chi connectivity index (χ0) is 25.7. The van der Waals surface area contributed by atoms with Gasteiger partial charge in [0.15, 0.2) is 12.4 Å². The minimum absolute atomic E-state index is 0.0515. The van der Waals surface area contributed by atoms with Gasteiger partial charge in [-0.1, -0.05) is 29.8 Å². The van der Waals surface area contributed by atoms with Crippen LogP contribution in [0.1, 0.15) is 33.5 Å². The second kappa shape index (κ2) is 8.61. The van der Waals surface area contributed by atoms with Crippen LogP contribution < -0.4 is 14.6 Å². The number of rotatable bonds is 4. The highest BCUT2D eigenvalue weighted by Crippen LogP contribution is 2.38. The van der Waals surface area contributed by atoms with Crippen molar-refractivity contribution in [2.45, 2.75) is 34.6 Å². The lowest BCUT2D eigenvalue weighted by molar-refractivity contribution is -0.577. The van der Waals surface area contributed by atoms with E-state index in [-0.39, 0.29) is 16.8 Å². The molecule has 0 saturated heterocycles. The lowest BCUT2D eigenvalue weighted by Gasteiger charge is -2.16. The lowest BCUT2D eigenvalue weighted by atomic mass is 10.0. The van der Waals surface area contributed by atoms with Crippen LogP contribution in [0.15, 0.2) is 67.0 Å². The molecule has 0 fully saturated rings. The Morgan fingerprint density at radius 3 is 2.25 bits per heavy atom. The molecule has 7 heteroatoms. The van der Waals surface area contributed by atoms with Gasteiger partial charge in [0.05, 0.1) is 17.1 Å². The van der Waals surface area contributed by atoms with Gasteiger partial charge in [-0.05, 0) is 75.9 Å². The summed E-state index contributed by atoms with van der Waals surface area (Å²) in [5, 5.41) is 18.3. The van der Waals surface area contributed by atoms with Crippen molar-refractivity contribution in [3.63, 3.8) is 0 Å². The van der Waals surface area contributed by atoms with Crippen molar-refractivity contribution in [1.29, 1.82) is 0 Å². The first-order valence-corrected chi connectivity index (χ1v) is 11.7. The van der Waals surface area contributed by atoms with Crippen molar-refractivity contribution in [2.75, 3.05) is 4.90 Å². The van der Waals surface area contributed by atoms with E-state index in [0.717, 1.165) is 27.2 Å². The van der Waals surface area contributed by atoms with Gasteiger partial charge < -0.3 is 5.11 Å². The third-order valence-electron chi connectivity index (χ3n) is 6.37. The minimum atomic E-state index is -0.546. The Labute approximate surface area is 209 Å². The van der Waals surface area contributed by atoms with Gasteiger partial charge >= 0.3 is 5.91 Å². The summed E-state index contributed by atoms with van der Waals surface area (Å²) in [5.74, 6) is -1.48. The molecule has 1 aliphatic rings. The van der Waals surface area contributed by atoms with E-state index in [9.17, 15) is 14.7 Å². The van der Waals surface area contributed by atoms with Crippen LogP contribution >= 0.6 is 0 Å². The molecule has 2 aromatic carbocycles. The number of amides is 2. The second-order valence-corrected chi connectivity index (χ2v) is 9.26. The molecule has 0 radical (unpaired) electrons. The highest BCUT2D eigenvalue weighted by Gasteiger charge is 2.47. The average Bonchev–Trinajstić information content (AvgIpc) is 3.24. The number of benzene rings is 2. The predicted octanol–water partition coefficient (Wildman–Crippen LogP) is 3.72. The standard InChI is InChI=1S/C29H26N4O3/c1-17-8-6-10-22(15-17)32-27(34)25(26(29(32)36)31-13-7-9-19(3)16-31)24-21(5)30-33(28(24)35)23-12-11-18(2)14-20(23)4/h6-16H,1-5H3. The van der Waals surface area contributed by atoms with Crippen molar-refractivity contribution < 1.29 is 19.3 Å². The zero-order valence-corrected chi connectivity index (χ0v) is 20.9. The topological polar surface area (TPSA) is 82.1 Å². The van der Waals surface area contributed by atoms with Crippen molar-refractivity contribution >= 4 is 28.8 Å². The summed E-state index contributed by atoms with van der Waals surface area (Å²) in [7, 11) is 0. The first kappa shape index (κ1) is 23.2. The molecule has 0 saturated carbocycles. The van der Waals surface area contributed by atoms with E-state index in [2.05, 4.69) is 5.10 Å². The maximum Gasteiger partial charge on any atom is 0.331 e. The second-order valence-electron chi connectivity index (χ2n) is 9.26. The minimum Gasteiger partial charge on any atom is -0.858 e. The molecule has 0 unspecified atom stereocenters. The molecular formula is C29H26N4O3. The summed E-state index contributed by atoms with van der Waals surface area (Å²) in [6.07, 6.45) is 3.48. The first-order chi connectivity index (χ1) is 17.2. The summed E-state index contributed by atoms with van der Waals surface area (Å²) in [6, 6.07) is 16.6. The Hall–Kier alpha value is -4.52. The van der Waals surface area contributed by atoms with Gasteiger partial charge in [0, 0.05) is 17.2 Å². The molecule has 2 amide bonds. The number of aryl methyl sites for hydroxylation is 5. The number of imide groups is 1. The maximum atomic E-state index is 13.9. The van der Waals surface area contributed by atoms with Crippen molar-refractivity contribution in [3.8, 4) is 11.6 Å². The molecule has 0 aliphatic carbocycles. The van der Waals surface area contributed by atoms with Crippen LogP contribution in [0.25, 0.3) is 17.0 Å². The monoisotopic (exact) mass is 478 g/mol. The van der Waals surface area contributed by atoms with Gasteiger partial charge in [-0.25, -0.2) is 9.58 Å². The number of anilines is 1. The van der Waals surface area contributed by atoms with Crippen LogP contribution in [0.5, 0.6) is 5.88 Å². The highest BCUT2D eigenvalue weighted by molar-refractivity contribution is 6.53. The van der Waals surface area contributed by atoms with Crippen molar-refractivity contribution in [1.82, 2.24) is 9.78 Å². The van der Waals surface area contributed by atoms with Crippen LogP contribution in [-0.4, -0.2) is 21.6 Å². The number of hydrogen-bond donors (Lipinski definition) is 0. The predicted molar refractivity (Wildman–Crippen MR) is 135 cm³/mol. The Balaban J connectivity index is 1.76. The first-order valence-electron chi connectivity index (χ1n) is 11.7. The quantitative estimate of drug-likeness (QED) is 0.331. The van der Waals surface area contributed by atoms with Crippen LogP contribution in [-0.2, 0) is 9.59 Å². The zero-order valence-electron chi connectivity index (χ0n) is 20.9. The van der Waals surface area contributed by atoms with E-state index in [4.69, 9.17) is 0 Å². The smallest absolute Gasteiger partial charge is 0.331 e. The molecule has 7 nitrogen and oxygen atoms in total. The number of carbonyl (C=O) groups is 2. The van der Waals surface area contributed by atoms with Gasteiger partial charge in [-0.2, -0.15) is 9.67 Å². The lowest BCUT2D eigenvalue weighted by Crippen LogP contribution is -2.39. The molecule has 0 spiro atoms. The number of hydrogen-bond acceptors (Lipinski definition) is 4. The Bertz CT molecular complexity index is 1600. The Kier molecular flexibility index (Phi) is 5.55. The van der Waals surface area contributed by atoms with Gasteiger partial charge in [0.2, 0.25) is 0 Å². The highest BCUT2D eigenvalue weighted by atomic mass is 16.3. The van der Waals surface area contributed by atoms with E-state index < -0.39 is 17.7 Å².